The molecule has 1 heterocycles. The van der Waals surface area contributed by atoms with Gasteiger partial charge in [-0.15, -0.1) is 5.10 Å². The summed E-state index contributed by atoms with van der Waals surface area (Å²) in [7, 11) is 1.73. The van der Waals surface area contributed by atoms with E-state index in [0.29, 0.717) is 22.1 Å². The zero-order chi connectivity index (χ0) is 21.7. The number of nitro groups is 1. The summed E-state index contributed by atoms with van der Waals surface area (Å²) in [6.45, 7) is 0. The van der Waals surface area contributed by atoms with Crippen LogP contribution in [0.15, 0.2) is 52.7 Å². The largest absolute Gasteiger partial charge is 0.508 e. The van der Waals surface area contributed by atoms with Gasteiger partial charge in [-0.05, 0) is 30.0 Å². The van der Waals surface area contributed by atoms with Crippen molar-refractivity contribution >= 4 is 29.6 Å². The molecular weight excluding hydrogens is 412 g/mol. The lowest BCUT2D eigenvalue weighted by molar-refractivity contribution is -0.698. The van der Waals surface area contributed by atoms with E-state index in [1.165, 1.54) is 30.5 Å². The summed E-state index contributed by atoms with van der Waals surface area (Å²) < 4.78 is 1.69. The Morgan fingerprint density at radius 3 is 2.90 bits per heavy atom. The van der Waals surface area contributed by atoms with Crippen LogP contribution in [0.25, 0.3) is 11.4 Å². The first-order valence-electron chi connectivity index (χ1n) is 8.51. The number of aromatic amines is 1. The van der Waals surface area contributed by atoms with Crippen LogP contribution in [0.1, 0.15) is 5.56 Å². The molecule has 0 saturated carbocycles. The highest BCUT2D eigenvalue weighted by atomic mass is 32.2. The van der Waals surface area contributed by atoms with E-state index >= 15 is 0 Å². The van der Waals surface area contributed by atoms with E-state index in [-0.39, 0.29) is 22.9 Å². The molecule has 0 aliphatic carbocycles. The van der Waals surface area contributed by atoms with Crippen LogP contribution in [0.5, 0.6) is 11.5 Å². The Kier molecular flexibility index (Phi) is 6.27. The third-order valence-corrected chi connectivity index (χ3v) is 4.98. The number of hydrogen-bond acceptors (Lipinski definition) is 8. The maximum absolute atomic E-state index is 12.0. The number of carbonyl (C=O) groups is 1. The number of benzene rings is 2. The number of carbonyl (C=O) groups excluding carboxylic acids is 1. The highest BCUT2D eigenvalue weighted by molar-refractivity contribution is 7.99. The summed E-state index contributed by atoms with van der Waals surface area (Å²) in [6, 6.07) is 10.1. The molecule has 3 aromatic rings. The lowest BCUT2D eigenvalue weighted by atomic mass is 10.2. The number of nitro benzene ring substituents is 1. The molecule has 0 saturated heterocycles. The molecule has 0 aliphatic rings. The summed E-state index contributed by atoms with van der Waals surface area (Å²) in [6.07, 6.45) is 1.26. The van der Waals surface area contributed by atoms with Gasteiger partial charge in [0.2, 0.25) is 0 Å². The maximum atomic E-state index is 12.0. The number of hydrogen-bond donors (Lipinski definition) is 4. The number of aromatic nitrogens is 3. The average Bonchev–Trinajstić information content (AvgIpc) is 3.08. The van der Waals surface area contributed by atoms with Crippen molar-refractivity contribution in [3.8, 4) is 22.9 Å². The first-order valence-corrected chi connectivity index (χ1v) is 9.49. The van der Waals surface area contributed by atoms with Gasteiger partial charge in [-0.25, -0.2) is 9.99 Å². The minimum absolute atomic E-state index is 0.0198. The molecule has 11 nitrogen and oxygen atoms in total. The second-order valence-corrected chi connectivity index (χ2v) is 6.99. The van der Waals surface area contributed by atoms with Gasteiger partial charge in [0.1, 0.15) is 11.5 Å². The molecule has 154 valence electrons. The molecule has 0 spiro atoms. The minimum Gasteiger partial charge on any atom is -0.508 e. The molecule has 0 unspecified atom stereocenters. The number of rotatable bonds is 7. The molecule has 0 bridgehead atoms. The number of nitrogens with zero attached hydrogens (tertiary/aromatic N) is 4. The highest BCUT2D eigenvalue weighted by Crippen LogP contribution is 2.22. The summed E-state index contributed by atoms with van der Waals surface area (Å²) in [5.74, 6) is -0.0655. The van der Waals surface area contributed by atoms with Crippen molar-refractivity contribution < 1.29 is 24.5 Å². The molecule has 0 aliphatic heterocycles. The van der Waals surface area contributed by atoms with E-state index in [1.807, 2.05) is 0 Å². The van der Waals surface area contributed by atoms with Gasteiger partial charge in [0.05, 0.1) is 34.6 Å². The molecule has 2 aromatic carbocycles. The molecular formula is C18H17N6O5S+. The Morgan fingerprint density at radius 1 is 1.37 bits per heavy atom. The van der Waals surface area contributed by atoms with Crippen LogP contribution in [-0.4, -0.2) is 43.2 Å². The van der Waals surface area contributed by atoms with Crippen LogP contribution in [-0.2, 0) is 11.8 Å². The van der Waals surface area contributed by atoms with Crippen LogP contribution in [0.4, 0.5) is 5.69 Å². The van der Waals surface area contributed by atoms with E-state index < -0.39 is 10.8 Å². The minimum atomic E-state index is -0.474. The fourth-order valence-corrected chi connectivity index (χ4v) is 3.20. The number of hydrazone groups is 1. The molecule has 12 heteroatoms. The summed E-state index contributed by atoms with van der Waals surface area (Å²) in [5.41, 5.74) is 3.23. The predicted octanol–water partition coefficient (Wildman–Crippen LogP) is 1.46. The Bertz CT molecular complexity index is 1130. The number of thioether (sulfide) groups is 1. The van der Waals surface area contributed by atoms with Crippen LogP contribution in [0.2, 0.25) is 0 Å². The first kappa shape index (κ1) is 20.8. The lowest BCUT2D eigenvalue weighted by Gasteiger charge is -2.00. The van der Waals surface area contributed by atoms with Crippen molar-refractivity contribution in [2.75, 3.05) is 5.75 Å². The molecule has 3 rings (SSSR count). The molecule has 0 atom stereocenters. The zero-order valence-electron chi connectivity index (χ0n) is 15.6. The lowest BCUT2D eigenvalue weighted by Crippen LogP contribution is -2.32. The van der Waals surface area contributed by atoms with Gasteiger partial charge >= 0.3 is 5.16 Å². The van der Waals surface area contributed by atoms with Gasteiger partial charge < -0.3 is 10.2 Å². The highest BCUT2D eigenvalue weighted by Gasteiger charge is 2.21. The summed E-state index contributed by atoms with van der Waals surface area (Å²) >= 11 is 1.15. The van der Waals surface area contributed by atoms with Crippen LogP contribution in [0, 0.1) is 10.1 Å². The van der Waals surface area contributed by atoms with Crippen molar-refractivity contribution in [2.24, 2.45) is 12.1 Å². The number of aromatic hydroxyl groups is 2. The number of nitrogens with one attached hydrogen (secondary N) is 2. The number of H-pyrrole nitrogens is 1. The second-order valence-electron chi connectivity index (χ2n) is 6.05. The van der Waals surface area contributed by atoms with Crippen molar-refractivity contribution in [2.45, 2.75) is 5.16 Å². The summed E-state index contributed by atoms with van der Waals surface area (Å²) in [4.78, 5) is 22.5. The molecule has 1 aromatic heterocycles. The van der Waals surface area contributed by atoms with Crippen molar-refractivity contribution in [1.29, 1.82) is 0 Å². The fraction of sp³-hybridized carbons (Fsp3) is 0.111. The van der Waals surface area contributed by atoms with Crippen LogP contribution < -0.4 is 9.99 Å². The maximum Gasteiger partial charge on any atom is 0.337 e. The van der Waals surface area contributed by atoms with Gasteiger partial charge in [-0.1, -0.05) is 6.07 Å². The van der Waals surface area contributed by atoms with Gasteiger partial charge in [0, 0.05) is 23.8 Å². The number of phenolic OH excluding ortho intramolecular Hbond substituents is 2. The standard InChI is InChI=1S/C18H16N6O5S/c1-23-17(11-3-2-4-13(7-11)24(28)29)21-22-18(23)30-10-16(27)20-19-9-12-5-6-14(25)8-15(12)26/h2-9H,10H2,1H3,(H3,19,20,25,26,27)/p+1. The topological polar surface area (TPSA) is 158 Å². The molecule has 4 N–H and O–H groups in total. The zero-order valence-corrected chi connectivity index (χ0v) is 16.5. The van der Waals surface area contributed by atoms with E-state index in [4.69, 9.17) is 0 Å². The Labute approximate surface area is 174 Å². The summed E-state index contributed by atoms with van der Waals surface area (Å²) in [5, 5.41) is 41.1. The van der Waals surface area contributed by atoms with Crippen LogP contribution in [0.3, 0.4) is 0 Å². The van der Waals surface area contributed by atoms with E-state index in [0.717, 1.165) is 17.8 Å². The quantitative estimate of drug-likeness (QED) is 0.145. The van der Waals surface area contributed by atoms with Gasteiger partial charge in [0.25, 0.3) is 17.4 Å². The second kappa shape index (κ2) is 9.05. The molecule has 30 heavy (non-hydrogen) atoms. The average molecular weight is 429 g/mol. The van der Waals surface area contributed by atoms with Crippen LogP contribution >= 0.6 is 11.8 Å². The fourth-order valence-electron chi connectivity index (χ4n) is 2.48. The molecule has 0 radical (unpaired) electrons. The van der Waals surface area contributed by atoms with Gasteiger partial charge in [-0.3, -0.25) is 14.9 Å². The Balaban J connectivity index is 1.60. The van der Waals surface area contributed by atoms with Crippen molar-refractivity contribution in [1.82, 2.24) is 15.6 Å². The Hall–Kier alpha value is -3.93. The van der Waals surface area contributed by atoms with Crippen molar-refractivity contribution in [3.63, 3.8) is 0 Å². The smallest absolute Gasteiger partial charge is 0.337 e. The Morgan fingerprint density at radius 2 is 2.17 bits per heavy atom. The van der Waals surface area contributed by atoms with Gasteiger partial charge in [-0.2, -0.15) is 5.10 Å². The SMILES string of the molecule is C[n+]1c(SCC(=O)NN=Cc2ccc(O)cc2O)n[nH]c1-c1cccc([N+](=O)[O-])c1. The predicted molar refractivity (Wildman–Crippen MR) is 108 cm³/mol. The first-order chi connectivity index (χ1) is 14.3. The molecule has 1 amide bonds. The van der Waals surface area contributed by atoms with Gasteiger partial charge in [0.15, 0.2) is 0 Å². The van der Waals surface area contributed by atoms with E-state index in [1.54, 1.807) is 23.7 Å². The van der Waals surface area contributed by atoms with Crippen molar-refractivity contribution in [3.05, 3.63) is 58.1 Å². The molecule has 0 fully saturated rings. The third-order valence-electron chi connectivity index (χ3n) is 3.95. The number of amides is 1. The normalized spacial score (nSPS) is 11.0. The number of phenols is 2. The van der Waals surface area contributed by atoms with E-state index in [9.17, 15) is 25.1 Å². The number of non-ortho nitro benzene ring substituents is 1. The third kappa shape index (κ3) is 4.91. The monoisotopic (exact) mass is 429 g/mol. The van der Waals surface area contributed by atoms with E-state index in [2.05, 4.69) is 20.7 Å².